The molecule has 0 radical (unpaired) electrons. The summed E-state index contributed by atoms with van der Waals surface area (Å²) in [5.74, 6) is -0.292. The molecule has 0 aliphatic carbocycles. The third kappa shape index (κ3) is 2.02. The van der Waals surface area contributed by atoms with Gasteiger partial charge in [-0.2, -0.15) is 0 Å². The summed E-state index contributed by atoms with van der Waals surface area (Å²) in [6.07, 6.45) is 0.512. The molecular formula is C12H14O3. The normalized spacial score (nSPS) is 23.6. The highest BCUT2D eigenvalue weighted by Gasteiger charge is 2.47. The maximum atomic E-state index is 11.1. The molecule has 0 aromatic heterocycles. The summed E-state index contributed by atoms with van der Waals surface area (Å²) in [5.41, 5.74) is 2.33. The SMILES string of the molecule is CCc1ccc([C@H]2O[C@@H]2C(=O)OC)cc1. The van der Waals surface area contributed by atoms with Gasteiger partial charge in [0.2, 0.25) is 0 Å². The van der Waals surface area contributed by atoms with E-state index >= 15 is 0 Å². The Morgan fingerprint density at radius 1 is 1.40 bits per heavy atom. The smallest absolute Gasteiger partial charge is 0.338 e. The lowest BCUT2D eigenvalue weighted by Crippen LogP contribution is -2.09. The van der Waals surface area contributed by atoms with E-state index in [0.717, 1.165) is 12.0 Å². The minimum Gasteiger partial charge on any atom is -0.467 e. The van der Waals surface area contributed by atoms with Crippen LogP contribution in [-0.4, -0.2) is 19.2 Å². The maximum Gasteiger partial charge on any atom is 0.338 e. The highest BCUT2D eigenvalue weighted by molar-refractivity contribution is 5.78. The Labute approximate surface area is 89.0 Å². The first-order valence-corrected chi connectivity index (χ1v) is 5.08. The van der Waals surface area contributed by atoms with Gasteiger partial charge in [-0.1, -0.05) is 31.2 Å². The van der Waals surface area contributed by atoms with Crippen LogP contribution in [0.1, 0.15) is 24.2 Å². The number of rotatable bonds is 3. The number of esters is 1. The lowest BCUT2D eigenvalue weighted by atomic mass is 10.1. The zero-order valence-corrected chi connectivity index (χ0v) is 8.90. The second kappa shape index (κ2) is 4.03. The molecule has 0 unspecified atom stereocenters. The van der Waals surface area contributed by atoms with Gasteiger partial charge in [0.05, 0.1) is 7.11 Å². The molecule has 3 heteroatoms. The Morgan fingerprint density at radius 2 is 2.07 bits per heavy atom. The van der Waals surface area contributed by atoms with Crippen molar-refractivity contribution in [3.63, 3.8) is 0 Å². The molecule has 0 amide bonds. The van der Waals surface area contributed by atoms with Gasteiger partial charge in [-0.15, -0.1) is 0 Å². The molecule has 1 aliphatic heterocycles. The molecule has 0 spiro atoms. The van der Waals surface area contributed by atoms with Crippen molar-refractivity contribution in [2.45, 2.75) is 25.6 Å². The quantitative estimate of drug-likeness (QED) is 0.559. The summed E-state index contributed by atoms with van der Waals surface area (Å²) >= 11 is 0. The first kappa shape index (κ1) is 10.2. The van der Waals surface area contributed by atoms with E-state index in [1.54, 1.807) is 0 Å². The molecule has 1 aromatic carbocycles. The van der Waals surface area contributed by atoms with E-state index in [9.17, 15) is 4.79 Å². The van der Waals surface area contributed by atoms with E-state index in [2.05, 4.69) is 23.8 Å². The number of epoxide rings is 1. The first-order valence-electron chi connectivity index (χ1n) is 5.08. The number of carbonyl (C=O) groups is 1. The van der Waals surface area contributed by atoms with Crippen LogP contribution >= 0.6 is 0 Å². The average molecular weight is 206 g/mol. The summed E-state index contributed by atoms with van der Waals surface area (Å²) in [4.78, 5) is 11.1. The molecule has 0 N–H and O–H groups in total. The number of benzene rings is 1. The van der Waals surface area contributed by atoms with Crippen molar-refractivity contribution in [2.24, 2.45) is 0 Å². The summed E-state index contributed by atoms with van der Waals surface area (Å²) in [5, 5.41) is 0. The molecule has 80 valence electrons. The summed E-state index contributed by atoms with van der Waals surface area (Å²) < 4.78 is 9.86. The van der Waals surface area contributed by atoms with Crippen molar-refractivity contribution in [1.82, 2.24) is 0 Å². The second-order valence-corrected chi connectivity index (χ2v) is 3.60. The summed E-state index contributed by atoms with van der Waals surface area (Å²) in [6, 6.07) is 8.13. The Balaban J connectivity index is 2.04. The van der Waals surface area contributed by atoms with Gasteiger partial charge in [0.15, 0.2) is 6.10 Å². The molecule has 2 atom stereocenters. The van der Waals surface area contributed by atoms with E-state index < -0.39 is 6.10 Å². The number of hydrogen-bond donors (Lipinski definition) is 0. The van der Waals surface area contributed by atoms with Crippen LogP contribution in [0.4, 0.5) is 0 Å². The van der Waals surface area contributed by atoms with Gasteiger partial charge in [0.1, 0.15) is 6.10 Å². The van der Waals surface area contributed by atoms with Crippen LogP contribution < -0.4 is 0 Å². The van der Waals surface area contributed by atoms with Crippen molar-refractivity contribution in [2.75, 3.05) is 7.11 Å². The Bertz CT molecular complexity index is 356. The average Bonchev–Trinajstić information content (AvgIpc) is 3.08. The van der Waals surface area contributed by atoms with E-state index in [1.165, 1.54) is 12.7 Å². The van der Waals surface area contributed by atoms with Gasteiger partial charge >= 0.3 is 5.97 Å². The van der Waals surface area contributed by atoms with E-state index in [1.807, 2.05) is 12.1 Å². The minimum absolute atomic E-state index is 0.108. The molecule has 2 rings (SSSR count). The monoisotopic (exact) mass is 206 g/mol. The van der Waals surface area contributed by atoms with Crippen LogP contribution in [0.3, 0.4) is 0 Å². The van der Waals surface area contributed by atoms with Crippen LogP contribution in [0.2, 0.25) is 0 Å². The number of ether oxygens (including phenoxy) is 2. The minimum atomic E-state index is -0.400. The molecule has 1 aromatic rings. The lowest BCUT2D eigenvalue weighted by molar-refractivity contribution is -0.142. The van der Waals surface area contributed by atoms with Crippen molar-refractivity contribution in [1.29, 1.82) is 0 Å². The largest absolute Gasteiger partial charge is 0.467 e. The second-order valence-electron chi connectivity index (χ2n) is 3.60. The summed E-state index contributed by atoms with van der Waals surface area (Å²) in [7, 11) is 1.38. The molecule has 0 bridgehead atoms. The fraction of sp³-hybridized carbons (Fsp3) is 0.417. The molecule has 1 aliphatic rings. The van der Waals surface area contributed by atoms with Crippen LogP contribution in [0.25, 0.3) is 0 Å². The lowest BCUT2D eigenvalue weighted by Gasteiger charge is -1.98. The number of carbonyl (C=O) groups excluding carboxylic acids is 1. The highest BCUT2D eigenvalue weighted by atomic mass is 16.6. The molecule has 0 saturated carbocycles. The Hall–Kier alpha value is -1.35. The Kier molecular flexibility index (Phi) is 2.73. The predicted molar refractivity (Wildman–Crippen MR) is 55.5 cm³/mol. The Morgan fingerprint density at radius 3 is 2.60 bits per heavy atom. The molecule has 3 nitrogen and oxygen atoms in total. The van der Waals surface area contributed by atoms with Crippen LogP contribution in [0, 0.1) is 0 Å². The van der Waals surface area contributed by atoms with E-state index in [-0.39, 0.29) is 12.1 Å². The van der Waals surface area contributed by atoms with Gasteiger partial charge in [-0.25, -0.2) is 4.79 Å². The maximum absolute atomic E-state index is 11.1. The highest BCUT2D eigenvalue weighted by Crippen LogP contribution is 2.39. The van der Waals surface area contributed by atoms with Gasteiger partial charge < -0.3 is 9.47 Å². The zero-order chi connectivity index (χ0) is 10.8. The molecule has 1 fully saturated rings. The third-order valence-corrected chi connectivity index (χ3v) is 2.64. The van der Waals surface area contributed by atoms with E-state index in [0.29, 0.717) is 0 Å². The standard InChI is InChI=1S/C12H14O3/c1-3-8-4-6-9(7-5-8)10-11(15-10)12(13)14-2/h4-7,10-11H,3H2,1-2H3/t10-,11+/m1/s1. The van der Waals surface area contributed by atoms with Crippen LogP contribution in [0.5, 0.6) is 0 Å². The molecular weight excluding hydrogens is 192 g/mol. The fourth-order valence-corrected chi connectivity index (χ4v) is 1.60. The zero-order valence-electron chi connectivity index (χ0n) is 8.90. The summed E-state index contributed by atoms with van der Waals surface area (Å²) in [6.45, 7) is 2.11. The van der Waals surface area contributed by atoms with E-state index in [4.69, 9.17) is 4.74 Å². The van der Waals surface area contributed by atoms with Crippen molar-refractivity contribution < 1.29 is 14.3 Å². The number of aryl methyl sites for hydroxylation is 1. The van der Waals surface area contributed by atoms with Gasteiger partial charge in [0.25, 0.3) is 0 Å². The number of hydrogen-bond acceptors (Lipinski definition) is 3. The molecule has 1 heterocycles. The third-order valence-electron chi connectivity index (χ3n) is 2.64. The number of methoxy groups -OCH3 is 1. The van der Waals surface area contributed by atoms with Gasteiger partial charge in [0, 0.05) is 0 Å². The van der Waals surface area contributed by atoms with Gasteiger partial charge in [-0.3, -0.25) is 0 Å². The predicted octanol–water partition coefficient (Wildman–Crippen LogP) is 1.86. The van der Waals surface area contributed by atoms with Crippen LogP contribution in [0.15, 0.2) is 24.3 Å². The molecule has 1 saturated heterocycles. The van der Waals surface area contributed by atoms with Crippen molar-refractivity contribution in [3.05, 3.63) is 35.4 Å². The van der Waals surface area contributed by atoms with Gasteiger partial charge in [-0.05, 0) is 17.5 Å². The van der Waals surface area contributed by atoms with Crippen molar-refractivity contribution >= 4 is 5.97 Å². The topological polar surface area (TPSA) is 38.8 Å². The molecule has 15 heavy (non-hydrogen) atoms. The fourth-order valence-electron chi connectivity index (χ4n) is 1.60. The van der Waals surface area contributed by atoms with Crippen LogP contribution in [-0.2, 0) is 20.7 Å². The van der Waals surface area contributed by atoms with Crippen molar-refractivity contribution in [3.8, 4) is 0 Å². The first-order chi connectivity index (χ1) is 7.26.